The monoisotopic (exact) mass is 466 g/mol. The smallest absolute Gasteiger partial charge is 0.335 e. The molecule has 1 aromatic heterocycles. The van der Waals surface area contributed by atoms with Gasteiger partial charge in [-0.25, -0.2) is 4.79 Å². The summed E-state index contributed by atoms with van der Waals surface area (Å²) in [6.45, 7) is 0. The lowest BCUT2D eigenvalue weighted by molar-refractivity contribution is 0.0697. The van der Waals surface area contributed by atoms with Gasteiger partial charge in [0.1, 0.15) is 11.5 Å². The number of rotatable bonds is 5. The molecule has 2 aromatic carbocycles. The van der Waals surface area contributed by atoms with Crippen LogP contribution in [-0.2, 0) is 0 Å². The van der Waals surface area contributed by atoms with Crippen molar-refractivity contribution in [2.24, 2.45) is 5.10 Å². The number of carboxylic acid groups (broad SMARTS) is 1. The van der Waals surface area contributed by atoms with Crippen molar-refractivity contribution in [3.63, 3.8) is 0 Å². The highest BCUT2D eigenvalue weighted by Crippen LogP contribution is 2.30. The minimum absolute atomic E-state index is 0.145. The molecule has 0 aliphatic carbocycles. The van der Waals surface area contributed by atoms with Gasteiger partial charge in [0, 0.05) is 9.13 Å². The Kier molecular flexibility index (Phi) is 5.40. The molecule has 0 atom stereocenters. The molecule has 0 bridgehead atoms. The van der Waals surface area contributed by atoms with Gasteiger partial charge in [-0.2, -0.15) is 5.10 Å². The number of carboxylic acids is 1. The molecule has 25 heavy (non-hydrogen) atoms. The van der Waals surface area contributed by atoms with Crippen LogP contribution in [-0.4, -0.2) is 17.3 Å². The van der Waals surface area contributed by atoms with E-state index in [1.807, 2.05) is 24.3 Å². The quantitative estimate of drug-likeness (QED) is 0.302. The van der Waals surface area contributed by atoms with Gasteiger partial charge in [-0.1, -0.05) is 11.6 Å². The lowest BCUT2D eigenvalue weighted by Gasteiger charge is -2.02. The summed E-state index contributed by atoms with van der Waals surface area (Å²) in [5.41, 5.74) is 4.43. The van der Waals surface area contributed by atoms with Crippen LogP contribution in [0.1, 0.15) is 16.1 Å². The van der Waals surface area contributed by atoms with Crippen LogP contribution < -0.4 is 5.43 Å². The molecular weight excluding hydrogens is 455 g/mol. The number of furan rings is 1. The zero-order valence-corrected chi connectivity index (χ0v) is 15.7. The van der Waals surface area contributed by atoms with Crippen LogP contribution in [0, 0.1) is 3.57 Å². The Labute approximate surface area is 162 Å². The molecule has 0 saturated heterocycles. The van der Waals surface area contributed by atoms with E-state index in [1.54, 1.807) is 12.1 Å². The first-order valence-corrected chi connectivity index (χ1v) is 8.66. The molecule has 2 N–H and O–H groups in total. The fraction of sp³-hybridized carbons (Fsp3) is 0. The molecule has 0 saturated carbocycles. The van der Waals surface area contributed by atoms with Gasteiger partial charge in [-0.3, -0.25) is 5.43 Å². The van der Waals surface area contributed by atoms with E-state index in [0.717, 1.165) is 9.26 Å². The lowest BCUT2D eigenvalue weighted by Crippen LogP contribution is -1.96. The Morgan fingerprint density at radius 3 is 2.64 bits per heavy atom. The maximum absolute atomic E-state index is 11.1. The summed E-state index contributed by atoms with van der Waals surface area (Å²) in [7, 11) is 0. The number of benzene rings is 2. The topological polar surface area (TPSA) is 74.8 Å². The molecule has 0 amide bonds. The molecule has 7 heteroatoms. The summed E-state index contributed by atoms with van der Waals surface area (Å²) < 4.78 is 6.82. The Hall–Kier alpha value is -2.32. The van der Waals surface area contributed by atoms with Gasteiger partial charge in [-0.05, 0) is 77.2 Å². The first-order valence-electron chi connectivity index (χ1n) is 7.20. The van der Waals surface area contributed by atoms with E-state index in [9.17, 15) is 4.79 Å². The zero-order chi connectivity index (χ0) is 17.8. The van der Waals surface area contributed by atoms with Gasteiger partial charge in [0.05, 0.1) is 22.5 Å². The summed E-state index contributed by atoms with van der Waals surface area (Å²) in [6, 6.07) is 15.7. The highest BCUT2D eigenvalue weighted by atomic mass is 127. The number of aromatic carboxylic acids is 1. The van der Waals surface area contributed by atoms with Crippen molar-refractivity contribution in [1.29, 1.82) is 0 Å². The Balaban J connectivity index is 1.76. The standard InChI is InChI=1S/C18H12ClIN2O3/c19-16-7-1-11(18(23)24)9-15(16)17-8-6-14(25-17)10-21-22-13-4-2-12(20)3-5-13/h1-10,22H,(H,23,24)/b21-10+. The Morgan fingerprint density at radius 2 is 1.92 bits per heavy atom. The van der Waals surface area contributed by atoms with Gasteiger partial charge >= 0.3 is 5.97 Å². The van der Waals surface area contributed by atoms with E-state index in [2.05, 4.69) is 33.1 Å². The summed E-state index contributed by atoms with van der Waals surface area (Å²) in [5.74, 6) is -0.0263. The van der Waals surface area contributed by atoms with Crippen LogP contribution in [0.25, 0.3) is 11.3 Å². The normalized spacial score (nSPS) is 11.0. The van der Waals surface area contributed by atoms with Crippen molar-refractivity contribution in [3.05, 3.63) is 74.5 Å². The first kappa shape index (κ1) is 17.5. The summed E-state index contributed by atoms with van der Waals surface area (Å²) in [4.78, 5) is 11.1. The van der Waals surface area contributed by atoms with E-state index in [4.69, 9.17) is 21.1 Å². The molecule has 1 heterocycles. The average Bonchev–Trinajstić information content (AvgIpc) is 3.05. The zero-order valence-electron chi connectivity index (χ0n) is 12.7. The fourth-order valence-electron chi connectivity index (χ4n) is 2.11. The minimum atomic E-state index is -1.02. The van der Waals surface area contributed by atoms with E-state index in [1.165, 1.54) is 24.4 Å². The predicted octanol–water partition coefficient (Wildman–Crippen LogP) is 5.35. The molecule has 3 rings (SSSR count). The van der Waals surface area contributed by atoms with Crippen LogP contribution in [0.2, 0.25) is 5.02 Å². The first-order chi connectivity index (χ1) is 12.0. The molecule has 0 radical (unpaired) electrons. The van der Waals surface area contributed by atoms with Crippen molar-refractivity contribution >= 4 is 52.1 Å². The molecule has 0 fully saturated rings. The second kappa shape index (κ2) is 7.71. The summed E-state index contributed by atoms with van der Waals surface area (Å²) in [5, 5.41) is 13.6. The second-order valence-electron chi connectivity index (χ2n) is 5.08. The molecular formula is C18H12ClIN2O3. The highest BCUT2D eigenvalue weighted by molar-refractivity contribution is 14.1. The predicted molar refractivity (Wildman–Crippen MR) is 106 cm³/mol. The van der Waals surface area contributed by atoms with Crippen LogP contribution >= 0.6 is 34.2 Å². The Bertz CT molecular complexity index is 936. The van der Waals surface area contributed by atoms with Crippen LogP contribution in [0.5, 0.6) is 0 Å². The molecule has 0 unspecified atom stereocenters. The number of hydrogen-bond acceptors (Lipinski definition) is 4. The van der Waals surface area contributed by atoms with Gasteiger partial charge in [-0.15, -0.1) is 0 Å². The van der Waals surface area contributed by atoms with Crippen molar-refractivity contribution in [2.75, 3.05) is 5.43 Å². The van der Waals surface area contributed by atoms with E-state index in [0.29, 0.717) is 22.1 Å². The summed E-state index contributed by atoms with van der Waals surface area (Å²) in [6.07, 6.45) is 1.54. The van der Waals surface area contributed by atoms with Gasteiger partial charge < -0.3 is 9.52 Å². The molecule has 3 aromatic rings. The van der Waals surface area contributed by atoms with Gasteiger partial charge in [0.15, 0.2) is 0 Å². The summed E-state index contributed by atoms with van der Waals surface area (Å²) >= 11 is 8.37. The SMILES string of the molecule is O=C(O)c1ccc(Cl)c(-c2ccc(/C=N/Nc3ccc(I)cc3)o2)c1. The van der Waals surface area contributed by atoms with Crippen molar-refractivity contribution < 1.29 is 14.3 Å². The number of anilines is 1. The molecule has 0 aliphatic heterocycles. The van der Waals surface area contributed by atoms with Crippen LogP contribution in [0.15, 0.2) is 64.1 Å². The van der Waals surface area contributed by atoms with Crippen molar-refractivity contribution in [2.45, 2.75) is 0 Å². The number of halogens is 2. The van der Waals surface area contributed by atoms with Gasteiger partial charge in [0.2, 0.25) is 0 Å². The average molecular weight is 467 g/mol. The second-order valence-corrected chi connectivity index (χ2v) is 6.73. The highest BCUT2D eigenvalue weighted by Gasteiger charge is 2.12. The van der Waals surface area contributed by atoms with Gasteiger partial charge in [0.25, 0.3) is 0 Å². The minimum Gasteiger partial charge on any atom is -0.478 e. The molecule has 0 aliphatic rings. The maximum atomic E-state index is 11.1. The number of hydrogen-bond donors (Lipinski definition) is 2. The largest absolute Gasteiger partial charge is 0.478 e. The maximum Gasteiger partial charge on any atom is 0.335 e. The van der Waals surface area contributed by atoms with Crippen molar-refractivity contribution in [3.8, 4) is 11.3 Å². The number of nitrogens with one attached hydrogen (secondary N) is 1. The lowest BCUT2D eigenvalue weighted by atomic mass is 10.1. The fourth-order valence-corrected chi connectivity index (χ4v) is 2.68. The molecule has 5 nitrogen and oxygen atoms in total. The third kappa shape index (κ3) is 4.40. The van der Waals surface area contributed by atoms with Crippen LogP contribution in [0.4, 0.5) is 5.69 Å². The number of carbonyl (C=O) groups is 1. The Morgan fingerprint density at radius 1 is 1.16 bits per heavy atom. The van der Waals surface area contributed by atoms with E-state index < -0.39 is 5.97 Å². The van der Waals surface area contributed by atoms with E-state index >= 15 is 0 Å². The third-order valence-electron chi connectivity index (χ3n) is 3.34. The third-order valence-corrected chi connectivity index (χ3v) is 4.38. The molecule has 126 valence electrons. The molecule has 0 spiro atoms. The van der Waals surface area contributed by atoms with Crippen molar-refractivity contribution in [1.82, 2.24) is 0 Å². The number of hydrazone groups is 1. The van der Waals surface area contributed by atoms with E-state index in [-0.39, 0.29) is 5.56 Å². The van der Waals surface area contributed by atoms with Crippen LogP contribution in [0.3, 0.4) is 0 Å². The number of nitrogens with zero attached hydrogens (tertiary/aromatic N) is 1.